The van der Waals surface area contributed by atoms with Crippen molar-refractivity contribution in [3.8, 4) is 0 Å². The Morgan fingerprint density at radius 3 is 2.62 bits per heavy atom. The molecule has 0 radical (unpaired) electrons. The Bertz CT molecular complexity index is 313. The first kappa shape index (κ1) is 13.3. The number of allylic oxidation sites excluding steroid dienone is 6. The topological polar surface area (TPSA) is 0 Å². The van der Waals surface area contributed by atoms with E-state index in [0.717, 1.165) is 0 Å². The van der Waals surface area contributed by atoms with E-state index in [9.17, 15) is 0 Å². The third kappa shape index (κ3) is 4.38. The standard InChI is InChI=1S/C16H26/c1-5-13(2)7-6-8-15(4)16-11-9-14(3)10-12-16/h7,9H,5-6,8,10-12H2,1-4H3/b13-7+,16-15+. The summed E-state index contributed by atoms with van der Waals surface area (Å²) >= 11 is 0. The van der Waals surface area contributed by atoms with Gasteiger partial charge in [-0.25, -0.2) is 0 Å². The second-order valence-corrected chi connectivity index (χ2v) is 5.08. The Balaban J connectivity index is 2.45. The van der Waals surface area contributed by atoms with Crippen molar-refractivity contribution in [3.63, 3.8) is 0 Å². The molecule has 0 unspecified atom stereocenters. The van der Waals surface area contributed by atoms with Gasteiger partial charge in [0.25, 0.3) is 0 Å². The molecule has 0 fully saturated rings. The first-order chi connectivity index (χ1) is 7.63. The molecule has 0 atom stereocenters. The van der Waals surface area contributed by atoms with Crippen LogP contribution in [0, 0.1) is 0 Å². The summed E-state index contributed by atoms with van der Waals surface area (Å²) in [5.41, 5.74) is 6.41. The summed E-state index contributed by atoms with van der Waals surface area (Å²) in [4.78, 5) is 0. The number of hydrogen-bond acceptors (Lipinski definition) is 0. The van der Waals surface area contributed by atoms with E-state index in [2.05, 4.69) is 39.8 Å². The normalized spacial score (nSPS) is 20.8. The summed E-state index contributed by atoms with van der Waals surface area (Å²) in [6, 6.07) is 0. The zero-order valence-corrected chi connectivity index (χ0v) is 11.4. The molecule has 1 aliphatic carbocycles. The zero-order chi connectivity index (χ0) is 12.0. The Kier molecular flexibility index (Phi) is 5.59. The van der Waals surface area contributed by atoms with Gasteiger partial charge in [0.2, 0.25) is 0 Å². The van der Waals surface area contributed by atoms with Crippen molar-refractivity contribution in [2.75, 3.05) is 0 Å². The number of rotatable bonds is 4. The second kappa shape index (κ2) is 6.73. The molecule has 1 rings (SSSR count). The Labute approximate surface area is 101 Å². The maximum absolute atomic E-state index is 2.40. The van der Waals surface area contributed by atoms with Gasteiger partial charge in [0, 0.05) is 0 Å². The van der Waals surface area contributed by atoms with Crippen LogP contribution in [0.25, 0.3) is 0 Å². The van der Waals surface area contributed by atoms with Crippen LogP contribution in [0.1, 0.15) is 66.2 Å². The van der Waals surface area contributed by atoms with Crippen LogP contribution in [0.2, 0.25) is 0 Å². The molecule has 0 amide bonds. The lowest BCUT2D eigenvalue weighted by molar-refractivity contribution is 0.809. The van der Waals surface area contributed by atoms with E-state index < -0.39 is 0 Å². The predicted octanol–water partition coefficient (Wildman–Crippen LogP) is 5.57. The van der Waals surface area contributed by atoms with Crippen molar-refractivity contribution in [2.45, 2.75) is 66.2 Å². The molecule has 16 heavy (non-hydrogen) atoms. The van der Waals surface area contributed by atoms with Gasteiger partial charge in [-0.3, -0.25) is 0 Å². The fraction of sp³-hybridized carbons (Fsp3) is 0.625. The van der Waals surface area contributed by atoms with Gasteiger partial charge in [0.05, 0.1) is 0 Å². The second-order valence-electron chi connectivity index (χ2n) is 5.08. The Morgan fingerprint density at radius 2 is 2.06 bits per heavy atom. The summed E-state index contributed by atoms with van der Waals surface area (Å²) in [5, 5.41) is 0. The van der Waals surface area contributed by atoms with Crippen LogP contribution in [-0.4, -0.2) is 0 Å². The van der Waals surface area contributed by atoms with E-state index in [-0.39, 0.29) is 0 Å². The van der Waals surface area contributed by atoms with E-state index in [1.807, 2.05) is 0 Å². The van der Waals surface area contributed by atoms with Gasteiger partial charge in [0.15, 0.2) is 0 Å². The third-order valence-corrected chi connectivity index (χ3v) is 3.69. The fourth-order valence-corrected chi connectivity index (χ4v) is 2.09. The summed E-state index contributed by atoms with van der Waals surface area (Å²) in [6.45, 7) is 9.03. The van der Waals surface area contributed by atoms with Crippen LogP contribution in [-0.2, 0) is 0 Å². The van der Waals surface area contributed by atoms with Gasteiger partial charge in [0.1, 0.15) is 0 Å². The molecular weight excluding hydrogens is 192 g/mol. The molecule has 1 aliphatic rings. The van der Waals surface area contributed by atoms with Crippen molar-refractivity contribution >= 4 is 0 Å². The predicted molar refractivity (Wildman–Crippen MR) is 73.6 cm³/mol. The fourth-order valence-electron chi connectivity index (χ4n) is 2.09. The molecule has 0 bridgehead atoms. The smallest absolute Gasteiger partial charge is 0.0134 e. The van der Waals surface area contributed by atoms with Gasteiger partial charge in [-0.15, -0.1) is 0 Å². The van der Waals surface area contributed by atoms with Gasteiger partial charge in [-0.2, -0.15) is 0 Å². The SMILES string of the molecule is CC/C(C)=C/CC/C(C)=C1\CC=C(C)CC1. The summed E-state index contributed by atoms with van der Waals surface area (Å²) in [6.07, 6.45) is 12.2. The van der Waals surface area contributed by atoms with Crippen LogP contribution in [0.3, 0.4) is 0 Å². The lowest BCUT2D eigenvalue weighted by Gasteiger charge is -2.16. The minimum absolute atomic E-state index is 1.19. The van der Waals surface area contributed by atoms with E-state index in [4.69, 9.17) is 0 Å². The minimum atomic E-state index is 1.19. The Morgan fingerprint density at radius 1 is 1.31 bits per heavy atom. The molecule has 0 aliphatic heterocycles. The van der Waals surface area contributed by atoms with Crippen LogP contribution in [0.4, 0.5) is 0 Å². The van der Waals surface area contributed by atoms with Crippen molar-refractivity contribution in [1.29, 1.82) is 0 Å². The van der Waals surface area contributed by atoms with Crippen LogP contribution in [0.5, 0.6) is 0 Å². The average molecular weight is 218 g/mol. The summed E-state index contributed by atoms with van der Waals surface area (Å²) in [5.74, 6) is 0. The van der Waals surface area contributed by atoms with Crippen molar-refractivity contribution in [1.82, 2.24) is 0 Å². The molecule has 0 aromatic rings. The third-order valence-electron chi connectivity index (χ3n) is 3.69. The van der Waals surface area contributed by atoms with Gasteiger partial charge in [-0.1, -0.05) is 41.4 Å². The molecule has 0 saturated carbocycles. The minimum Gasteiger partial charge on any atom is -0.0853 e. The Hall–Kier alpha value is -0.780. The highest BCUT2D eigenvalue weighted by atomic mass is 14.1. The molecule has 90 valence electrons. The average Bonchev–Trinajstić information content (AvgIpc) is 2.29. The molecule has 0 spiro atoms. The highest BCUT2D eigenvalue weighted by molar-refractivity contribution is 5.22. The largest absolute Gasteiger partial charge is 0.0853 e. The van der Waals surface area contributed by atoms with Crippen molar-refractivity contribution in [3.05, 3.63) is 34.4 Å². The monoisotopic (exact) mass is 218 g/mol. The quantitative estimate of drug-likeness (QED) is 0.541. The van der Waals surface area contributed by atoms with Gasteiger partial charge < -0.3 is 0 Å². The van der Waals surface area contributed by atoms with E-state index in [1.54, 1.807) is 16.7 Å². The molecular formula is C16H26. The van der Waals surface area contributed by atoms with Gasteiger partial charge in [-0.05, 0) is 59.3 Å². The highest BCUT2D eigenvalue weighted by Gasteiger charge is 2.07. The van der Waals surface area contributed by atoms with E-state index >= 15 is 0 Å². The van der Waals surface area contributed by atoms with Gasteiger partial charge >= 0.3 is 0 Å². The molecule has 0 aromatic heterocycles. The van der Waals surface area contributed by atoms with Crippen LogP contribution >= 0.6 is 0 Å². The summed E-state index contributed by atoms with van der Waals surface area (Å²) in [7, 11) is 0. The van der Waals surface area contributed by atoms with Crippen molar-refractivity contribution < 1.29 is 0 Å². The first-order valence-corrected chi connectivity index (χ1v) is 6.62. The van der Waals surface area contributed by atoms with Crippen LogP contribution in [0.15, 0.2) is 34.4 Å². The highest BCUT2D eigenvalue weighted by Crippen LogP contribution is 2.26. The maximum atomic E-state index is 2.40. The van der Waals surface area contributed by atoms with Crippen molar-refractivity contribution in [2.24, 2.45) is 0 Å². The first-order valence-electron chi connectivity index (χ1n) is 6.62. The molecule has 0 heterocycles. The number of hydrogen-bond donors (Lipinski definition) is 0. The van der Waals surface area contributed by atoms with E-state index in [1.165, 1.54) is 44.1 Å². The lowest BCUT2D eigenvalue weighted by Crippen LogP contribution is -1.96. The summed E-state index contributed by atoms with van der Waals surface area (Å²) < 4.78 is 0. The molecule has 0 saturated heterocycles. The van der Waals surface area contributed by atoms with E-state index in [0.29, 0.717) is 0 Å². The lowest BCUT2D eigenvalue weighted by atomic mass is 9.91. The molecule has 0 nitrogen and oxygen atoms in total. The molecule has 0 N–H and O–H groups in total. The zero-order valence-electron chi connectivity index (χ0n) is 11.4. The molecule has 0 heteroatoms. The maximum Gasteiger partial charge on any atom is -0.0134 e. The molecule has 0 aromatic carbocycles. The van der Waals surface area contributed by atoms with Crippen LogP contribution < -0.4 is 0 Å².